The van der Waals surface area contributed by atoms with Gasteiger partial charge >= 0.3 is 0 Å². The first-order valence-electron chi connectivity index (χ1n) is 8.98. The molecule has 0 aromatic heterocycles. The Hall–Kier alpha value is -0.850. The second-order valence-electron chi connectivity index (χ2n) is 7.53. The van der Waals surface area contributed by atoms with E-state index in [1.807, 2.05) is 6.92 Å². The lowest BCUT2D eigenvalue weighted by Gasteiger charge is -2.47. The molecule has 162 valence electrons. The summed E-state index contributed by atoms with van der Waals surface area (Å²) in [4.78, 5) is 0.00266. The summed E-state index contributed by atoms with van der Waals surface area (Å²) < 4.78 is 53.4. The largest absolute Gasteiger partial charge is 0.379 e. The molecule has 0 saturated carbocycles. The van der Waals surface area contributed by atoms with Crippen LogP contribution in [0.4, 0.5) is 0 Å². The maximum Gasteiger partial charge on any atom is 0.297 e. The Morgan fingerprint density at radius 3 is 2.45 bits per heavy atom. The van der Waals surface area contributed by atoms with E-state index in [4.69, 9.17) is 23.1 Å². The van der Waals surface area contributed by atoms with E-state index in [1.54, 1.807) is 26.0 Å². The lowest BCUT2D eigenvalue weighted by molar-refractivity contribution is -0.290. The van der Waals surface area contributed by atoms with Crippen molar-refractivity contribution in [2.24, 2.45) is 0 Å². The standard InChI is InChI=1S/C19H25BrO8S/c1-11-6-8-13(9-7-11)29(22,23)25-10-14-19(21,12(2)20)16-15(17(24-5)26-14)27-18(3,4)28-16/h6-9,14-17,21H,2,10H2,1,3-5H3/t14-,15+,16-,17+,19+/m1/s1. The average Bonchev–Trinajstić information content (AvgIpc) is 2.97. The number of aryl methyl sites for hydroxylation is 1. The Morgan fingerprint density at radius 2 is 1.90 bits per heavy atom. The molecule has 0 aliphatic carbocycles. The van der Waals surface area contributed by atoms with Gasteiger partial charge in [0.1, 0.15) is 18.3 Å². The fourth-order valence-electron chi connectivity index (χ4n) is 3.46. The molecule has 8 nitrogen and oxygen atoms in total. The molecule has 1 aromatic rings. The van der Waals surface area contributed by atoms with Gasteiger partial charge in [-0.05, 0) is 32.9 Å². The predicted octanol–water partition coefficient (Wildman–Crippen LogP) is 2.23. The second kappa shape index (κ2) is 8.01. The zero-order valence-electron chi connectivity index (χ0n) is 16.6. The van der Waals surface area contributed by atoms with Gasteiger partial charge in [0.05, 0.1) is 11.5 Å². The molecule has 0 unspecified atom stereocenters. The normalized spacial score (nSPS) is 34.0. The fraction of sp³-hybridized carbons (Fsp3) is 0.579. The minimum atomic E-state index is -4.07. The number of hydrogen-bond acceptors (Lipinski definition) is 8. The third-order valence-corrected chi connectivity index (χ3v) is 6.90. The average molecular weight is 493 g/mol. The van der Waals surface area contributed by atoms with Gasteiger partial charge in [0.25, 0.3) is 10.1 Å². The van der Waals surface area contributed by atoms with Crippen LogP contribution >= 0.6 is 15.9 Å². The lowest BCUT2D eigenvalue weighted by atomic mass is 9.84. The summed E-state index contributed by atoms with van der Waals surface area (Å²) in [5.74, 6) is -1.00. The Labute approximate surface area is 179 Å². The molecule has 2 heterocycles. The molecule has 3 rings (SSSR count). The number of fused-ring (bicyclic) bond motifs is 1. The number of aliphatic hydroxyl groups is 1. The summed E-state index contributed by atoms with van der Waals surface area (Å²) in [5, 5.41) is 11.4. The Kier molecular flexibility index (Phi) is 6.30. The summed E-state index contributed by atoms with van der Waals surface area (Å²) in [6, 6.07) is 6.24. The molecular formula is C19H25BrO8S. The van der Waals surface area contributed by atoms with Crippen molar-refractivity contribution in [1.29, 1.82) is 0 Å². The molecule has 29 heavy (non-hydrogen) atoms. The highest BCUT2D eigenvalue weighted by atomic mass is 79.9. The topological polar surface area (TPSA) is 101 Å². The molecule has 1 N–H and O–H groups in total. The van der Waals surface area contributed by atoms with Crippen molar-refractivity contribution in [1.82, 2.24) is 0 Å². The van der Waals surface area contributed by atoms with E-state index in [0.717, 1.165) is 5.56 Å². The van der Waals surface area contributed by atoms with Crippen LogP contribution < -0.4 is 0 Å². The van der Waals surface area contributed by atoms with Gasteiger partial charge in [0, 0.05) is 11.6 Å². The van der Waals surface area contributed by atoms with E-state index in [0.29, 0.717) is 0 Å². The van der Waals surface area contributed by atoms with Gasteiger partial charge in [0.15, 0.2) is 17.7 Å². The SMILES string of the molecule is C=C(Br)[C@@]1(O)[C@@H]2OC(C)(C)O[C@@H]2[C@@H](OC)O[C@@H]1COS(=O)(=O)c1ccc(C)cc1. The zero-order chi connectivity index (χ0) is 21.6. The fourth-order valence-corrected chi connectivity index (χ4v) is 4.85. The molecule has 0 spiro atoms. The van der Waals surface area contributed by atoms with E-state index in [9.17, 15) is 13.5 Å². The van der Waals surface area contributed by atoms with Crippen LogP contribution in [0.15, 0.2) is 40.2 Å². The zero-order valence-corrected chi connectivity index (χ0v) is 19.0. The summed E-state index contributed by atoms with van der Waals surface area (Å²) >= 11 is 3.22. The van der Waals surface area contributed by atoms with Gasteiger partial charge in [0.2, 0.25) is 0 Å². The van der Waals surface area contributed by atoms with E-state index < -0.39 is 52.7 Å². The molecule has 0 bridgehead atoms. The smallest absolute Gasteiger partial charge is 0.297 e. The monoisotopic (exact) mass is 492 g/mol. The van der Waals surface area contributed by atoms with Crippen LogP contribution in [0.1, 0.15) is 19.4 Å². The van der Waals surface area contributed by atoms with Crippen LogP contribution in [-0.4, -0.2) is 63.2 Å². The highest BCUT2D eigenvalue weighted by molar-refractivity contribution is 9.11. The highest BCUT2D eigenvalue weighted by Crippen LogP contribution is 2.46. The van der Waals surface area contributed by atoms with E-state index in [2.05, 4.69) is 22.5 Å². The number of rotatable bonds is 6. The van der Waals surface area contributed by atoms with Crippen molar-refractivity contribution in [2.75, 3.05) is 13.7 Å². The first kappa shape index (κ1) is 22.8. The quantitative estimate of drug-likeness (QED) is 0.603. The molecule has 5 atom stereocenters. The Morgan fingerprint density at radius 1 is 1.28 bits per heavy atom. The molecule has 10 heteroatoms. The van der Waals surface area contributed by atoms with Crippen molar-refractivity contribution in [3.05, 3.63) is 40.9 Å². The maximum atomic E-state index is 12.6. The van der Waals surface area contributed by atoms with Gasteiger partial charge in [-0.2, -0.15) is 8.42 Å². The molecule has 2 aliphatic rings. The molecule has 2 saturated heterocycles. The number of ether oxygens (including phenoxy) is 4. The molecule has 2 fully saturated rings. The number of benzene rings is 1. The summed E-state index contributed by atoms with van der Waals surface area (Å²) in [6.07, 6.45) is -3.72. The van der Waals surface area contributed by atoms with E-state index >= 15 is 0 Å². The van der Waals surface area contributed by atoms with Crippen molar-refractivity contribution in [2.45, 2.75) is 61.7 Å². The number of hydrogen-bond donors (Lipinski definition) is 1. The second-order valence-corrected chi connectivity index (χ2v) is 10.1. The van der Waals surface area contributed by atoms with E-state index in [-0.39, 0.29) is 9.38 Å². The third kappa shape index (κ3) is 4.31. The molecule has 0 amide bonds. The van der Waals surface area contributed by atoms with Gasteiger partial charge in [-0.25, -0.2) is 0 Å². The molecule has 2 aliphatic heterocycles. The van der Waals surface area contributed by atoms with Gasteiger partial charge in [-0.1, -0.05) is 40.2 Å². The van der Waals surface area contributed by atoms with Crippen LogP contribution in [0.3, 0.4) is 0 Å². The minimum Gasteiger partial charge on any atom is -0.379 e. The summed E-state index contributed by atoms with van der Waals surface area (Å²) in [7, 11) is -2.65. The summed E-state index contributed by atoms with van der Waals surface area (Å²) in [5.41, 5.74) is -0.907. The van der Waals surface area contributed by atoms with Crippen LogP contribution in [0, 0.1) is 6.92 Å². The first-order chi connectivity index (χ1) is 13.4. The van der Waals surface area contributed by atoms with Crippen molar-refractivity contribution >= 4 is 26.0 Å². The van der Waals surface area contributed by atoms with Crippen LogP contribution in [-0.2, 0) is 33.2 Å². The highest BCUT2D eigenvalue weighted by Gasteiger charge is 2.63. The van der Waals surface area contributed by atoms with Crippen LogP contribution in [0.5, 0.6) is 0 Å². The Bertz CT molecular complexity index is 869. The van der Waals surface area contributed by atoms with Crippen molar-refractivity contribution < 1.29 is 36.7 Å². The summed E-state index contributed by atoms with van der Waals surface area (Å²) in [6.45, 7) is 8.54. The molecule has 1 aromatic carbocycles. The minimum absolute atomic E-state index is 0.00266. The number of methoxy groups -OCH3 is 1. The molecule has 0 radical (unpaired) electrons. The van der Waals surface area contributed by atoms with Gasteiger partial charge in [-0.15, -0.1) is 0 Å². The Balaban J connectivity index is 1.87. The van der Waals surface area contributed by atoms with E-state index in [1.165, 1.54) is 19.2 Å². The van der Waals surface area contributed by atoms with Gasteiger partial charge in [-0.3, -0.25) is 4.18 Å². The lowest BCUT2D eigenvalue weighted by Crippen LogP contribution is -2.66. The van der Waals surface area contributed by atoms with Crippen molar-refractivity contribution in [3.8, 4) is 0 Å². The third-order valence-electron chi connectivity index (χ3n) is 4.97. The van der Waals surface area contributed by atoms with Crippen molar-refractivity contribution in [3.63, 3.8) is 0 Å². The maximum absolute atomic E-state index is 12.6. The number of halogens is 1. The molecular weight excluding hydrogens is 468 g/mol. The van der Waals surface area contributed by atoms with Crippen LogP contribution in [0.25, 0.3) is 0 Å². The van der Waals surface area contributed by atoms with Crippen LogP contribution in [0.2, 0.25) is 0 Å². The predicted molar refractivity (Wildman–Crippen MR) is 107 cm³/mol. The van der Waals surface area contributed by atoms with Gasteiger partial charge < -0.3 is 24.1 Å². The first-order valence-corrected chi connectivity index (χ1v) is 11.2.